The number of hydrogen-bond donors (Lipinski definition) is 3. The second kappa shape index (κ2) is 4.99. The monoisotopic (exact) mass is 209 g/mol. The smallest absolute Gasteiger partial charge is 0.326 e. The standard InChI is InChI=1S/C10H11NO4/c12-9(13)6-8(10(14)15)11-7-4-2-1-3-5-7/h1-5,8,11H,6H2,(H,12,13)(H,14,15). The first-order chi connectivity index (χ1) is 7.09. The van der Waals surface area contributed by atoms with Gasteiger partial charge in [-0.05, 0) is 12.1 Å². The Morgan fingerprint density at radius 1 is 1.20 bits per heavy atom. The number of benzene rings is 1. The molecule has 5 nitrogen and oxygen atoms in total. The Bertz CT molecular complexity index is 350. The van der Waals surface area contributed by atoms with Gasteiger partial charge in [-0.1, -0.05) is 18.2 Å². The van der Waals surface area contributed by atoms with Crippen LogP contribution in [0.4, 0.5) is 5.69 Å². The molecule has 1 unspecified atom stereocenters. The molecule has 80 valence electrons. The van der Waals surface area contributed by atoms with Crippen molar-refractivity contribution >= 4 is 17.6 Å². The molecule has 0 saturated heterocycles. The summed E-state index contributed by atoms with van der Waals surface area (Å²) >= 11 is 0. The number of para-hydroxylation sites is 1. The van der Waals surface area contributed by atoms with Gasteiger partial charge >= 0.3 is 11.9 Å². The average molecular weight is 209 g/mol. The van der Waals surface area contributed by atoms with E-state index in [1.165, 1.54) is 0 Å². The van der Waals surface area contributed by atoms with Crippen LogP contribution in [0.2, 0.25) is 0 Å². The largest absolute Gasteiger partial charge is 0.481 e. The van der Waals surface area contributed by atoms with E-state index in [2.05, 4.69) is 5.32 Å². The molecule has 1 atom stereocenters. The van der Waals surface area contributed by atoms with Crippen LogP contribution < -0.4 is 5.32 Å². The van der Waals surface area contributed by atoms with Gasteiger partial charge in [0.05, 0.1) is 6.42 Å². The van der Waals surface area contributed by atoms with Gasteiger partial charge in [0, 0.05) is 5.69 Å². The summed E-state index contributed by atoms with van der Waals surface area (Å²) in [6, 6.07) is 7.52. The number of nitrogens with one attached hydrogen (secondary N) is 1. The molecule has 0 fully saturated rings. The second-order valence-corrected chi connectivity index (χ2v) is 3.00. The van der Waals surface area contributed by atoms with Crippen molar-refractivity contribution in [1.82, 2.24) is 0 Å². The summed E-state index contributed by atoms with van der Waals surface area (Å²) in [5, 5.41) is 19.9. The predicted molar refractivity (Wildman–Crippen MR) is 53.7 cm³/mol. The van der Waals surface area contributed by atoms with E-state index < -0.39 is 24.4 Å². The fraction of sp³-hybridized carbons (Fsp3) is 0.200. The Kier molecular flexibility index (Phi) is 3.68. The minimum absolute atomic E-state index is 0.454. The first-order valence-corrected chi connectivity index (χ1v) is 4.36. The molecule has 0 bridgehead atoms. The van der Waals surface area contributed by atoms with E-state index in [0.717, 1.165) is 0 Å². The number of carboxylic acids is 2. The van der Waals surface area contributed by atoms with E-state index >= 15 is 0 Å². The second-order valence-electron chi connectivity index (χ2n) is 3.00. The van der Waals surface area contributed by atoms with Crippen LogP contribution in [0.5, 0.6) is 0 Å². The van der Waals surface area contributed by atoms with Crippen LogP contribution in [0, 0.1) is 0 Å². The molecule has 1 aromatic carbocycles. The summed E-state index contributed by atoms with van der Waals surface area (Å²) in [7, 11) is 0. The molecular weight excluding hydrogens is 198 g/mol. The van der Waals surface area contributed by atoms with Crippen molar-refractivity contribution in [2.75, 3.05) is 5.32 Å². The summed E-state index contributed by atoms with van der Waals surface area (Å²) in [6.07, 6.45) is -0.454. The van der Waals surface area contributed by atoms with E-state index in [1.54, 1.807) is 30.3 Å². The normalized spacial score (nSPS) is 11.7. The van der Waals surface area contributed by atoms with Gasteiger partial charge in [0.1, 0.15) is 6.04 Å². The molecule has 0 aromatic heterocycles. The third-order valence-corrected chi connectivity index (χ3v) is 1.79. The lowest BCUT2D eigenvalue weighted by Gasteiger charge is -2.13. The number of aliphatic carboxylic acids is 2. The van der Waals surface area contributed by atoms with Crippen LogP contribution in [-0.2, 0) is 9.59 Å². The van der Waals surface area contributed by atoms with Gasteiger partial charge in [0.2, 0.25) is 0 Å². The zero-order valence-electron chi connectivity index (χ0n) is 7.88. The quantitative estimate of drug-likeness (QED) is 0.674. The summed E-state index contributed by atoms with van der Waals surface area (Å²) in [4.78, 5) is 21.1. The van der Waals surface area contributed by atoms with Crippen LogP contribution in [0.1, 0.15) is 6.42 Å². The Balaban J connectivity index is 2.67. The average Bonchev–Trinajstić information content (AvgIpc) is 2.17. The Morgan fingerprint density at radius 3 is 2.27 bits per heavy atom. The van der Waals surface area contributed by atoms with Gasteiger partial charge in [-0.3, -0.25) is 4.79 Å². The first kappa shape index (κ1) is 11.0. The molecule has 0 aliphatic carbocycles. The van der Waals surface area contributed by atoms with Crippen molar-refractivity contribution in [2.45, 2.75) is 12.5 Å². The SMILES string of the molecule is O=C(O)CC(Nc1ccccc1)C(=O)O. The Hall–Kier alpha value is -2.04. The minimum atomic E-state index is -1.18. The number of carbonyl (C=O) groups is 2. The van der Waals surface area contributed by atoms with Gasteiger partial charge in [-0.2, -0.15) is 0 Å². The highest BCUT2D eigenvalue weighted by Crippen LogP contribution is 2.09. The van der Waals surface area contributed by atoms with Crippen LogP contribution >= 0.6 is 0 Å². The molecule has 0 aliphatic rings. The maximum atomic E-state index is 10.7. The number of hydrogen-bond acceptors (Lipinski definition) is 3. The van der Waals surface area contributed by atoms with Crippen molar-refractivity contribution in [2.24, 2.45) is 0 Å². The molecular formula is C10H11NO4. The summed E-state index contributed by atoms with van der Waals surface area (Å²) in [5.41, 5.74) is 0.589. The van der Waals surface area contributed by atoms with Crippen molar-refractivity contribution < 1.29 is 19.8 Å². The molecule has 5 heteroatoms. The fourth-order valence-electron chi connectivity index (χ4n) is 1.11. The van der Waals surface area contributed by atoms with E-state index in [1.807, 2.05) is 0 Å². The molecule has 0 heterocycles. The molecule has 3 N–H and O–H groups in total. The number of anilines is 1. The molecule has 0 aliphatic heterocycles. The molecule has 0 amide bonds. The first-order valence-electron chi connectivity index (χ1n) is 4.36. The van der Waals surface area contributed by atoms with Gasteiger partial charge in [-0.25, -0.2) is 4.79 Å². The third-order valence-electron chi connectivity index (χ3n) is 1.79. The zero-order valence-corrected chi connectivity index (χ0v) is 7.88. The highest BCUT2D eigenvalue weighted by Gasteiger charge is 2.20. The lowest BCUT2D eigenvalue weighted by atomic mass is 10.2. The van der Waals surface area contributed by atoms with Crippen LogP contribution in [0.3, 0.4) is 0 Å². The van der Waals surface area contributed by atoms with E-state index in [9.17, 15) is 9.59 Å². The number of rotatable bonds is 5. The minimum Gasteiger partial charge on any atom is -0.481 e. The van der Waals surface area contributed by atoms with Gasteiger partial charge < -0.3 is 15.5 Å². The third kappa shape index (κ3) is 3.68. The summed E-state index contributed by atoms with van der Waals surface area (Å²) in [6.45, 7) is 0. The topological polar surface area (TPSA) is 86.6 Å². The molecule has 1 rings (SSSR count). The van der Waals surface area contributed by atoms with E-state index in [-0.39, 0.29) is 0 Å². The van der Waals surface area contributed by atoms with Crippen molar-refractivity contribution in [3.63, 3.8) is 0 Å². The zero-order chi connectivity index (χ0) is 11.3. The summed E-state index contributed by atoms with van der Waals surface area (Å²) in [5.74, 6) is -2.33. The molecule has 0 spiro atoms. The predicted octanol–water partition coefficient (Wildman–Crippen LogP) is 1.03. The fourth-order valence-corrected chi connectivity index (χ4v) is 1.11. The Labute approximate surface area is 86.4 Å². The van der Waals surface area contributed by atoms with Crippen LogP contribution in [-0.4, -0.2) is 28.2 Å². The van der Waals surface area contributed by atoms with Gasteiger partial charge in [-0.15, -0.1) is 0 Å². The maximum Gasteiger partial charge on any atom is 0.326 e. The van der Waals surface area contributed by atoms with Gasteiger partial charge in [0.25, 0.3) is 0 Å². The highest BCUT2D eigenvalue weighted by molar-refractivity contribution is 5.83. The van der Waals surface area contributed by atoms with Crippen molar-refractivity contribution in [3.8, 4) is 0 Å². The summed E-state index contributed by atoms with van der Waals surface area (Å²) < 4.78 is 0. The molecule has 0 saturated carbocycles. The van der Waals surface area contributed by atoms with Gasteiger partial charge in [0.15, 0.2) is 0 Å². The molecule has 1 aromatic rings. The van der Waals surface area contributed by atoms with E-state index in [0.29, 0.717) is 5.69 Å². The van der Waals surface area contributed by atoms with E-state index in [4.69, 9.17) is 10.2 Å². The number of carboxylic acid groups (broad SMARTS) is 2. The Morgan fingerprint density at radius 2 is 1.80 bits per heavy atom. The van der Waals surface area contributed by atoms with Crippen molar-refractivity contribution in [3.05, 3.63) is 30.3 Å². The molecule has 15 heavy (non-hydrogen) atoms. The molecule has 0 radical (unpaired) electrons. The lowest BCUT2D eigenvalue weighted by Crippen LogP contribution is -2.31. The maximum absolute atomic E-state index is 10.7. The van der Waals surface area contributed by atoms with Crippen LogP contribution in [0.25, 0.3) is 0 Å². The van der Waals surface area contributed by atoms with Crippen molar-refractivity contribution in [1.29, 1.82) is 0 Å². The lowest BCUT2D eigenvalue weighted by molar-refractivity contribution is -0.144. The highest BCUT2D eigenvalue weighted by atomic mass is 16.4. The van der Waals surface area contributed by atoms with Crippen LogP contribution in [0.15, 0.2) is 30.3 Å².